The Labute approximate surface area is 161 Å². The molecule has 0 saturated carbocycles. The minimum absolute atomic E-state index is 0.337. The molecule has 6 nitrogen and oxygen atoms in total. The predicted molar refractivity (Wildman–Crippen MR) is 101 cm³/mol. The molecule has 4 rings (SSSR count). The van der Waals surface area contributed by atoms with Crippen LogP contribution in [0.1, 0.15) is 11.1 Å². The van der Waals surface area contributed by atoms with Gasteiger partial charge in [0.1, 0.15) is 0 Å². The second-order valence-electron chi connectivity index (χ2n) is 6.02. The Morgan fingerprint density at radius 1 is 1.00 bits per heavy atom. The van der Waals surface area contributed by atoms with Gasteiger partial charge in [0.15, 0.2) is 5.65 Å². The first kappa shape index (κ1) is 17.5. The number of benzene rings is 1. The van der Waals surface area contributed by atoms with E-state index in [0.717, 1.165) is 35.8 Å². The number of pyridine rings is 1. The lowest BCUT2D eigenvalue weighted by atomic mass is 10.2. The molecule has 0 atom stereocenters. The van der Waals surface area contributed by atoms with Crippen LogP contribution in [0, 0.1) is 0 Å². The van der Waals surface area contributed by atoms with Crippen LogP contribution in [0.5, 0.6) is 0 Å². The van der Waals surface area contributed by atoms with Gasteiger partial charge in [-0.05, 0) is 18.2 Å². The van der Waals surface area contributed by atoms with Gasteiger partial charge in [-0.25, -0.2) is 0 Å². The van der Waals surface area contributed by atoms with Crippen LogP contribution in [0.3, 0.4) is 0 Å². The summed E-state index contributed by atoms with van der Waals surface area (Å²) in [5.74, 6) is 0.833. The fourth-order valence-corrected chi connectivity index (χ4v) is 3.49. The number of rotatable bonds is 5. The third kappa shape index (κ3) is 3.50. The maximum absolute atomic E-state index is 6.19. The van der Waals surface area contributed by atoms with Crippen LogP contribution in [-0.4, -0.2) is 40.9 Å². The highest BCUT2D eigenvalue weighted by molar-refractivity contribution is 6.35. The highest BCUT2D eigenvalue weighted by Crippen LogP contribution is 2.25. The minimum atomic E-state index is 0.337. The largest absolute Gasteiger partial charge is 0.378 e. The van der Waals surface area contributed by atoms with Gasteiger partial charge < -0.3 is 14.4 Å². The fourth-order valence-electron chi connectivity index (χ4n) is 2.98. The molecule has 1 fully saturated rings. The summed E-state index contributed by atoms with van der Waals surface area (Å²) in [6, 6.07) is 9.39. The molecule has 0 aliphatic carbocycles. The second kappa shape index (κ2) is 7.80. The number of hydrogen-bond donors (Lipinski definition) is 0. The van der Waals surface area contributed by atoms with E-state index in [9.17, 15) is 0 Å². The minimum Gasteiger partial charge on any atom is -0.378 e. The lowest BCUT2D eigenvalue weighted by molar-refractivity contribution is 0.108. The Morgan fingerprint density at radius 3 is 2.54 bits per heavy atom. The average Bonchev–Trinajstić information content (AvgIpc) is 3.10. The van der Waals surface area contributed by atoms with Gasteiger partial charge in [0.25, 0.3) is 0 Å². The molecule has 0 amide bonds. The Bertz CT molecular complexity index is 889. The molecule has 0 unspecified atom stereocenters. The van der Waals surface area contributed by atoms with Crippen molar-refractivity contribution < 1.29 is 9.47 Å². The fraction of sp³-hybridized carbons (Fsp3) is 0.333. The summed E-state index contributed by atoms with van der Waals surface area (Å²) in [5, 5.41) is 9.92. The normalized spacial score (nSPS) is 14.9. The van der Waals surface area contributed by atoms with Gasteiger partial charge in [-0.2, -0.15) is 0 Å². The van der Waals surface area contributed by atoms with Gasteiger partial charge in [-0.15, -0.1) is 10.2 Å². The summed E-state index contributed by atoms with van der Waals surface area (Å²) in [6.45, 7) is 3.77. The van der Waals surface area contributed by atoms with E-state index in [-0.39, 0.29) is 0 Å². The number of halogens is 2. The first-order valence-electron chi connectivity index (χ1n) is 8.40. The van der Waals surface area contributed by atoms with Crippen molar-refractivity contribution >= 4 is 34.8 Å². The van der Waals surface area contributed by atoms with Gasteiger partial charge in [0, 0.05) is 40.5 Å². The second-order valence-corrected chi connectivity index (χ2v) is 6.83. The van der Waals surface area contributed by atoms with Crippen molar-refractivity contribution in [2.24, 2.45) is 0 Å². The molecule has 3 heterocycles. The van der Waals surface area contributed by atoms with Crippen molar-refractivity contribution in [3.63, 3.8) is 0 Å². The molecule has 26 heavy (non-hydrogen) atoms. The summed E-state index contributed by atoms with van der Waals surface area (Å²) < 4.78 is 13.2. The van der Waals surface area contributed by atoms with E-state index in [1.807, 2.05) is 28.8 Å². The monoisotopic (exact) mass is 392 g/mol. The molecule has 136 valence electrons. The Balaban J connectivity index is 1.51. The molecule has 1 saturated heterocycles. The first-order valence-corrected chi connectivity index (χ1v) is 9.15. The summed E-state index contributed by atoms with van der Waals surface area (Å²) in [4.78, 5) is 2.18. The van der Waals surface area contributed by atoms with Crippen LogP contribution in [0.4, 0.5) is 5.95 Å². The maximum Gasteiger partial charge on any atom is 0.231 e. The molecule has 0 bridgehead atoms. The van der Waals surface area contributed by atoms with Crippen LogP contribution >= 0.6 is 23.2 Å². The zero-order valence-electron chi connectivity index (χ0n) is 14.1. The van der Waals surface area contributed by atoms with Crippen LogP contribution in [0.25, 0.3) is 5.65 Å². The quantitative estimate of drug-likeness (QED) is 0.663. The van der Waals surface area contributed by atoms with E-state index in [1.54, 1.807) is 12.1 Å². The zero-order chi connectivity index (χ0) is 17.9. The topological polar surface area (TPSA) is 51.9 Å². The predicted octanol–water partition coefficient (Wildman–Crippen LogP) is 3.59. The number of ether oxygens (including phenoxy) is 2. The number of morpholine rings is 1. The molecular formula is C18H18Cl2N4O2. The number of aromatic nitrogens is 3. The molecule has 1 aromatic carbocycles. The number of hydrogen-bond acceptors (Lipinski definition) is 5. The van der Waals surface area contributed by atoms with Crippen LogP contribution < -0.4 is 4.90 Å². The number of anilines is 1. The van der Waals surface area contributed by atoms with Gasteiger partial charge >= 0.3 is 0 Å². The molecule has 1 aliphatic heterocycles. The number of fused-ring (bicyclic) bond motifs is 1. The highest BCUT2D eigenvalue weighted by atomic mass is 35.5. The van der Waals surface area contributed by atoms with Crippen molar-refractivity contribution in [1.82, 2.24) is 14.6 Å². The third-order valence-electron chi connectivity index (χ3n) is 4.36. The van der Waals surface area contributed by atoms with Crippen molar-refractivity contribution in [2.75, 3.05) is 31.2 Å². The van der Waals surface area contributed by atoms with Crippen molar-refractivity contribution in [3.05, 3.63) is 57.7 Å². The lowest BCUT2D eigenvalue weighted by Gasteiger charge is -2.26. The molecule has 0 radical (unpaired) electrons. The standard InChI is InChI=1S/C18H18Cl2N4O2/c19-15-4-1-5-16(20)14(15)12-26-11-13-3-2-6-24-17(13)21-22-18(24)23-7-9-25-10-8-23/h1-6H,7-12H2. The third-order valence-corrected chi connectivity index (χ3v) is 5.07. The molecule has 3 aromatic rings. The summed E-state index contributed by atoms with van der Waals surface area (Å²) in [7, 11) is 0. The molecule has 8 heteroatoms. The van der Waals surface area contributed by atoms with E-state index in [0.29, 0.717) is 36.5 Å². The zero-order valence-corrected chi connectivity index (χ0v) is 15.6. The van der Waals surface area contributed by atoms with E-state index >= 15 is 0 Å². The van der Waals surface area contributed by atoms with Crippen LogP contribution in [0.2, 0.25) is 10.0 Å². The SMILES string of the molecule is Clc1cccc(Cl)c1COCc1cccn2c(N3CCOCC3)nnc12. The Kier molecular flexibility index (Phi) is 5.26. The van der Waals surface area contributed by atoms with Gasteiger partial charge in [0.05, 0.1) is 26.4 Å². The molecule has 0 N–H and O–H groups in total. The highest BCUT2D eigenvalue weighted by Gasteiger charge is 2.18. The van der Waals surface area contributed by atoms with Crippen LogP contribution in [0.15, 0.2) is 36.5 Å². The van der Waals surface area contributed by atoms with Gasteiger partial charge in [0.2, 0.25) is 5.95 Å². The Hall–Kier alpha value is -1.86. The molecule has 2 aromatic heterocycles. The van der Waals surface area contributed by atoms with Crippen molar-refractivity contribution in [3.8, 4) is 0 Å². The van der Waals surface area contributed by atoms with Gasteiger partial charge in [-0.3, -0.25) is 4.40 Å². The van der Waals surface area contributed by atoms with E-state index in [2.05, 4.69) is 15.1 Å². The van der Waals surface area contributed by atoms with Crippen LogP contribution in [-0.2, 0) is 22.7 Å². The van der Waals surface area contributed by atoms with Gasteiger partial charge in [-0.1, -0.05) is 35.3 Å². The molecule has 0 spiro atoms. The van der Waals surface area contributed by atoms with E-state index in [1.165, 1.54) is 0 Å². The molecular weight excluding hydrogens is 375 g/mol. The van der Waals surface area contributed by atoms with E-state index < -0.39 is 0 Å². The average molecular weight is 393 g/mol. The molecule has 1 aliphatic rings. The summed E-state index contributed by atoms with van der Waals surface area (Å²) in [5.41, 5.74) is 2.54. The van der Waals surface area contributed by atoms with Crippen molar-refractivity contribution in [1.29, 1.82) is 0 Å². The van der Waals surface area contributed by atoms with Crippen molar-refractivity contribution in [2.45, 2.75) is 13.2 Å². The summed E-state index contributed by atoms with van der Waals surface area (Å²) in [6.07, 6.45) is 1.97. The first-order chi connectivity index (χ1) is 12.7. The maximum atomic E-state index is 6.19. The Morgan fingerprint density at radius 2 is 1.77 bits per heavy atom. The van der Waals surface area contributed by atoms with E-state index in [4.69, 9.17) is 32.7 Å². The lowest BCUT2D eigenvalue weighted by Crippen LogP contribution is -2.37. The summed E-state index contributed by atoms with van der Waals surface area (Å²) >= 11 is 12.4. The smallest absolute Gasteiger partial charge is 0.231 e. The number of nitrogens with zero attached hydrogens (tertiary/aromatic N) is 4.